The van der Waals surface area contributed by atoms with Gasteiger partial charge in [0.1, 0.15) is 5.71 Å². The van der Waals surface area contributed by atoms with Crippen molar-refractivity contribution in [3.63, 3.8) is 0 Å². The maximum atomic E-state index is 13.3. The van der Waals surface area contributed by atoms with Crippen LogP contribution in [-0.2, 0) is 9.53 Å². The smallest absolute Gasteiger partial charge is 0.278 e. The van der Waals surface area contributed by atoms with E-state index in [2.05, 4.69) is 32.6 Å². The van der Waals surface area contributed by atoms with Gasteiger partial charge in [-0.2, -0.15) is 0 Å². The second-order valence-corrected chi connectivity index (χ2v) is 7.91. The maximum absolute atomic E-state index is 13.3. The van der Waals surface area contributed by atoms with Gasteiger partial charge >= 0.3 is 0 Å². The third-order valence-electron chi connectivity index (χ3n) is 5.47. The molecule has 0 unspecified atom stereocenters. The number of amides is 1. The van der Waals surface area contributed by atoms with Crippen molar-refractivity contribution in [1.29, 1.82) is 0 Å². The number of nitrogens with zero attached hydrogens (tertiary/aromatic N) is 3. The summed E-state index contributed by atoms with van der Waals surface area (Å²) in [6.07, 6.45) is 0.334. The van der Waals surface area contributed by atoms with Crippen LogP contribution in [0.15, 0.2) is 47.5 Å². The average Bonchev–Trinajstić information content (AvgIpc) is 2.90. The number of hydrogen-bond acceptors (Lipinski definition) is 4. The molecule has 1 fully saturated rings. The summed E-state index contributed by atoms with van der Waals surface area (Å²) < 4.78 is 5.83. The summed E-state index contributed by atoms with van der Waals surface area (Å²) >= 11 is 0. The van der Waals surface area contributed by atoms with Gasteiger partial charge in [0.25, 0.3) is 5.91 Å². The molecule has 0 aromatic heterocycles. The lowest BCUT2D eigenvalue weighted by molar-refractivity contribution is -0.113. The van der Waals surface area contributed by atoms with Crippen molar-refractivity contribution in [3.8, 4) is 0 Å². The third kappa shape index (κ3) is 3.60. The molecule has 28 heavy (non-hydrogen) atoms. The highest BCUT2D eigenvalue weighted by atomic mass is 16.5. The first-order valence-electron chi connectivity index (χ1n) is 9.87. The molecule has 2 heterocycles. The number of morpholine rings is 1. The minimum Gasteiger partial charge on any atom is -0.373 e. The van der Waals surface area contributed by atoms with E-state index in [1.165, 1.54) is 11.1 Å². The summed E-state index contributed by atoms with van der Waals surface area (Å²) in [5.74, 6) is -0.0359. The number of carbonyl (C=O) groups is 1. The fourth-order valence-corrected chi connectivity index (χ4v) is 4.03. The molecule has 1 amide bonds. The van der Waals surface area contributed by atoms with Gasteiger partial charge in [-0.15, -0.1) is 0 Å². The molecule has 146 valence electrons. The Kier molecular flexibility index (Phi) is 5.04. The first kappa shape index (κ1) is 18.8. The van der Waals surface area contributed by atoms with Crippen LogP contribution in [-0.4, -0.2) is 48.5 Å². The van der Waals surface area contributed by atoms with Gasteiger partial charge in [0.15, 0.2) is 0 Å². The number of ether oxygens (including phenoxy) is 1. The molecule has 2 aromatic rings. The summed E-state index contributed by atoms with van der Waals surface area (Å²) in [6, 6.07) is 14.0. The SMILES string of the molecule is Cc1ccc(N=C2C(=O)N(CN3C[C@H](C)O[C@@H](C)C3)c3ccccc32)cc1C. The largest absolute Gasteiger partial charge is 0.373 e. The Balaban J connectivity index is 1.66. The summed E-state index contributed by atoms with van der Waals surface area (Å²) in [5.41, 5.74) is 5.57. The van der Waals surface area contributed by atoms with Crippen LogP contribution in [0.2, 0.25) is 0 Å². The van der Waals surface area contributed by atoms with E-state index >= 15 is 0 Å². The second kappa shape index (κ2) is 7.49. The van der Waals surface area contributed by atoms with E-state index in [0.29, 0.717) is 12.4 Å². The molecule has 2 aliphatic rings. The fraction of sp³-hybridized carbons (Fsp3) is 0.391. The summed E-state index contributed by atoms with van der Waals surface area (Å²) in [6.45, 7) is 10.5. The van der Waals surface area contributed by atoms with Crippen LogP contribution >= 0.6 is 0 Å². The molecule has 2 atom stereocenters. The number of rotatable bonds is 3. The zero-order valence-corrected chi connectivity index (χ0v) is 17.0. The molecule has 0 N–H and O–H groups in total. The Hall–Kier alpha value is -2.50. The molecule has 0 saturated carbocycles. The van der Waals surface area contributed by atoms with Crippen LogP contribution in [0.4, 0.5) is 11.4 Å². The van der Waals surface area contributed by atoms with Crippen molar-refractivity contribution in [2.75, 3.05) is 24.7 Å². The zero-order chi connectivity index (χ0) is 19.8. The molecule has 0 aliphatic carbocycles. The summed E-state index contributed by atoms with van der Waals surface area (Å²) in [4.78, 5) is 22.2. The molecule has 2 aromatic carbocycles. The Morgan fingerprint density at radius 3 is 2.46 bits per heavy atom. The van der Waals surface area contributed by atoms with Gasteiger partial charge in [-0.05, 0) is 57.0 Å². The predicted molar refractivity (Wildman–Crippen MR) is 112 cm³/mol. The van der Waals surface area contributed by atoms with Gasteiger partial charge < -0.3 is 4.74 Å². The van der Waals surface area contributed by atoms with Crippen molar-refractivity contribution in [2.45, 2.75) is 39.9 Å². The van der Waals surface area contributed by atoms with E-state index < -0.39 is 0 Å². The van der Waals surface area contributed by atoms with Gasteiger partial charge in [-0.25, -0.2) is 4.99 Å². The van der Waals surface area contributed by atoms with Crippen molar-refractivity contribution in [3.05, 3.63) is 59.2 Å². The lowest BCUT2D eigenvalue weighted by Crippen LogP contribution is -2.50. The van der Waals surface area contributed by atoms with Crippen LogP contribution in [0, 0.1) is 13.8 Å². The standard InChI is InChI=1S/C23H27N3O2/c1-15-9-10-19(11-16(15)2)24-22-20-7-5-6-8-21(20)26(23(22)27)14-25-12-17(3)28-18(4)13-25/h5-11,17-18H,12-14H2,1-4H3/t17-,18-/m0/s1. The monoisotopic (exact) mass is 377 g/mol. The number of carbonyl (C=O) groups excluding carboxylic acids is 1. The first-order valence-corrected chi connectivity index (χ1v) is 9.87. The number of fused-ring (bicyclic) bond motifs is 1. The minimum atomic E-state index is -0.0359. The lowest BCUT2D eigenvalue weighted by Gasteiger charge is -2.37. The van der Waals surface area contributed by atoms with Gasteiger partial charge in [0.05, 0.1) is 30.3 Å². The van der Waals surface area contributed by atoms with Crippen LogP contribution in [0.3, 0.4) is 0 Å². The van der Waals surface area contributed by atoms with E-state index in [1.807, 2.05) is 47.4 Å². The normalized spacial score (nSPS) is 24.1. The van der Waals surface area contributed by atoms with Gasteiger partial charge in [-0.3, -0.25) is 14.6 Å². The van der Waals surface area contributed by atoms with Crippen molar-refractivity contribution in [2.24, 2.45) is 4.99 Å². The number of aliphatic imine (C=N–C) groups is 1. The highest BCUT2D eigenvalue weighted by Gasteiger charge is 2.35. The topological polar surface area (TPSA) is 45.1 Å². The first-order chi connectivity index (χ1) is 13.4. The lowest BCUT2D eigenvalue weighted by atomic mass is 10.1. The van der Waals surface area contributed by atoms with E-state index in [9.17, 15) is 4.79 Å². The van der Waals surface area contributed by atoms with Gasteiger partial charge in [0, 0.05) is 18.7 Å². The highest BCUT2D eigenvalue weighted by Crippen LogP contribution is 2.31. The fourth-order valence-electron chi connectivity index (χ4n) is 4.03. The Morgan fingerprint density at radius 1 is 1.04 bits per heavy atom. The van der Waals surface area contributed by atoms with E-state index in [0.717, 1.165) is 30.0 Å². The highest BCUT2D eigenvalue weighted by molar-refractivity contribution is 6.54. The van der Waals surface area contributed by atoms with E-state index in [1.54, 1.807) is 0 Å². The second-order valence-electron chi connectivity index (χ2n) is 7.91. The Bertz CT molecular complexity index is 927. The average molecular weight is 377 g/mol. The van der Waals surface area contributed by atoms with E-state index in [-0.39, 0.29) is 18.1 Å². The summed E-state index contributed by atoms with van der Waals surface area (Å²) in [7, 11) is 0. The quantitative estimate of drug-likeness (QED) is 0.816. The van der Waals surface area contributed by atoms with Crippen LogP contribution in [0.5, 0.6) is 0 Å². The van der Waals surface area contributed by atoms with E-state index in [4.69, 9.17) is 9.73 Å². The molecular formula is C23H27N3O2. The molecule has 0 bridgehead atoms. The number of para-hydroxylation sites is 1. The van der Waals surface area contributed by atoms with Crippen LogP contribution < -0.4 is 4.90 Å². The third-order valence-corrected chi connectivity index (χ3v) is 5.47. The molecule has 5 nitrogen and oxygen atoms in total. The van der Waals surface area contributed by atoms with Crippen molar-refractivity contribution < 1.29 is 9.53 Å². The zero-order valence-electron chi connectivity index (χ0n) is 17.0. The number of anilines is 1. The molecule has 0 spiro atoms. The minimum absolute atomic E-state index is 0.0359. The molecule has 1 saturated heterocycles. The van der Waals surface area contributed by atoms with Crippen LogP contribution in [0.25, 0.3) is 0 Å². The molecule has 5 heteroatoms. The van der Waals surface area contributed by atoms with Crippen molar-refractivity contribution >= 4 is 23.0 Å². The molecule has 2 aliphatic heterocycles. The Labute approximate surface area is 166 Å². The Morgan fingerprint density at radius 2 is 1.75 bits per heavy atom. The molecule has 0 radical (unpaired) electrons. The van der Waals surface area contributed by atoms with Gasteiger partial charge in [0.2, 0.25) is 0 Å². The van der Waals surface area contributed by atoms with Gasteiger partial charge in [-0.1, -0.05) is 24.3 Å². The van der Waals surface area contributed by atoms with Crippen molar-refractivity contribution in [1.82, 2.24) is 4.90 Å². The van der Waals surface area contributed by atoms with Crippen LogP contribution in [0.1, 0.15) is 30.5 Å². The number of aryl methyl sites for hydroxylation is 2. The molecule has 4 rings (SSSR count). The molecular weight excluding hydrogens is 350 g/mol. The summed E-state index contributed by atoms with van der Waals surface area (Å²) in [5, 5.41) is 0. The number of hydrogen-bond donors (Lipinski definition) is 0. The number of benzene rings is 2. The predicted octanol–water partition coefficient (Wildman–Crippen LogP) is 3.84. The maximum Gasteiger partial charge on any atom is 0.278 e.